The van der Waals surface area contributed by atoms with Gasteiger partial charge >= 0.3 is 0 Å². The van der Waals surface area contributed by atoms with Crippen LogP contribution in [0.3, 0.4) is 0 Å². The molecule has 1 atom stereocenters. The van der Waals surface area contributed by atoms with Crippen LogP contribution in [0.25, 0.3) is 0 Å². The number of halogens is 1. The molecule has 0 aliphatic carbocycles. The largest absolute Gasteiger partial charge is 0.397 e. The van der Waals surface area contributed by atoms with Crippen molar-refractivity contribution >= 4 is 33.2 Å². The molecular formula is C12H18BrN3O. The van der Waals surface area contributed by atoms with Crippen LogP contribution in [0.4, 0.5) is 11.4 Å². The number of benzene rings is 1. The summed E-state index contributed by atoms with van der Waals surface area (Å²) in [7, 11) is 0. The van der Waals surface area contributed by atoms with Crippen molar-refractivity contribution in [3.63, 3.8) is 0 Å². The summed E-state index contributed by atoms with van der Waals surface area (Å²) >= 11 is 3.37. The highest BCUT2D eigenvalue weighted by Gasteiger charge is 2.12. The maximum atomic E-state index is 11.7. The molecule has 0 heterocycles. The Bertz CT molecular complexity index is 395. The van der Waals surface area contributed by atoms with E-state index in [0.717, 1.165) is 16.6 Å². The minimum Gasteiger partial charge on any atom is -0.397 e. The lowest BCUT2D eigenvalue weighted by Crippen LogP contribution is -2.38. The van der Waals surface area contributed by atoms with Gasteiger partial charge in [0.25, 0.3) is 0 Å². The van der Waals surface area contributed by atoms with Crippen LogP contribution in [0.2, 0.25) is 0 Å². The summed E-state index contributed by atoms with van der Waals surface area (Å²) in [5.74, 6) is -0.0220. The Morgan fingerprint density at radius 2 is 2.24 bits per heavy atom. The third kappa shape index (κ3) is 4.26. The second kappa shape index (κ2) is 6.49. The van der Waals surface area contributed by atoms with E-state index in [9.17, 15) is 4.79 Å². The predicted molar refractivity (Wildman–Crippen MR) is 74.9 cm³/mol. The monoisotopic (exact) mass is 299 g/mol. The topological polar surface area (TPSA) is 67.2 Å². The zero-order valence-electron chi connectivity index (χ0n) is 10.1. The fraction of sp³-hybridized carbons (Fsp3) is 0.417. The van der Waals surface area contributed by atoms with Gasteiger partial charge in [0.05, 0.1) is 11.4 Å². The van der Waals surface area contributed by atoms with Crippen LogP contribution < -0.4 is 16.4 Å². The fourth-order valence-electron chi connectivity index (χ4n) is 1.35. The van der Waals surface area contributed by atoms with Crippen molar-refractivity contribution in [3.05, 3.63) is 22.7 Å². The van der Waals surface area contributed by atoms with Gasteiger partial charge in [0, 0.05) is 11.0 Å². The molecular weight excluding hydrogens is 282 g/mol. The van der Waals surface area contributed by atoms with Crippen molar-refractivity contribution in [2.45, 2.75) is 26.3 Å². The first kappa shape index (κ1) is 13.8. The quantitative estimate of drug-likeness (QED) is 0.731. The van der Waals surface area contributed by atoms with Gasteiger partial charge in [0.1, 0.15) is 6.04 Å². The first-order chi connectivity index (χ1) is 8.04. The van der Waals surface area contributed by atoms with Gasteiger partial charge in [0.15, 0.2) is 0 Å². The molecule has 1 amide bonds. The van der Waals surface area contributed by atoms with E-state index in [-0.39, 0.29) is 11.9 Å². The molecule has 0 spiro atoms. The van der Waals surface area contributed by atoms with Crippen molar-refractivity contribution in [1.82, 2.24) is 5.32 Å². The molecule has 0 saturated carbocycles. The van der Waals surface area contributed by atoms with Gasteiger partial charge in [0.2, 0.25) is 5.91 Å². The molecule has 1 rings (SSSR count). The summed E-state index contributed by atoms with van der Waals surface area (Å²) in [6.07, 6.45) is 0.928. The van der Waals surface area contributed by atoms with E-state index in [2.05, 4.69) is 26.6 Å². The van der Waals surface area contributed by atoms with Crippen LogP contribution in [-0.2, 0) is 4.79 Å². The number of nitrogen functional groups attached to an aromatic ring is 1. The van der Waals surface area contributed by atoms with Gasteiger partial charge < -0.3 is 16.4 Å². The van der Waals surface area contributed by atoms with Crippen molar-refractivity contribution in [2.75, 3.05) is 17.6 Å². The minimum absolute atomic E-state index is 0.0220. The molecule has 0 fully saturated rings. The third-order valence-corrected chi connectivity index (χ3v) is 2.82. The molecule has 0 aromatic heterocycles. The van der Waals surface area contributed by atoms with Gasteiger partial charge in [-0.05, 0) is 31.5 Å². The molecule has 4 nitrogen and oxygen atoms in total. The standard InChI is InChI=1S/C12H18BrN3O/c1-3-6-15-12(17)8(2)16-11-7-9(13)4-5-10(11)14/h4-5,7-8,16H,3,6,14H2,1-2H3,(H,15,17). The van der Waals surface area contributed by atoms with E-state index < -0.39 is 0 Å². The number of rotatable bonds is 5. The van der Waals surface area contributed by atoms with Crippen LogP contribution in [0.1, 0.15) is 20.3 Å². The molecule has 0 aliphatic rings. The average molecular weight is 300 g/mol. The van der Waals surface area contributed by atoms with Crippen molar-refractivity contribution in [1.29, 1.82) is 0 Å². The average Bonchev–Trinajstić information content (AvgIpc) is 2.30. The van der Waals surface area contributed by atoms with E-state index >= 15 is 0 Å². The van der Waals surface area contributed by atoms with E-state index in [4.69, 9.17) is 5.73 Å². The maximum Gasteiger partial charge on any atom is 0.242 e. The lowest BCUT2D eigenvalue weighted by Gasteiger charge is -2.16. The van der Waals surface area contributed by atoms with Gasteiger partial charge in [-0.1, -0.05) is 22.9 Å². The van der Waals surface area contributed by atoms with Crippen molar-refractivity contribution < 1.29 is 4.79 Å². The van der Waals surface area contributed by atoms with Crippen LogP contribution in [0, 0.1) is 0 Å². The summed E-state index contributed by atoms with van der Waals surface area (Å²) in [4.78, 5) is 11.7. The molecule has 1 unspecified atom stereocenters. The summed E-state index contributed by atoms with van der Waals surface area (Å²) in [6.45, 7) is 4.52. The number of carbonyl (C=O) groups excluding carboxylic acids is 1. The summed E-state index contributed by atoms with van der Waals surface area (Å²) in [6, 6.07) is 5.21. The van der Waals surface area contributed by atoms with Crippen LogP contribution in [0.15, 0.2) is 22.7 Å². The highest BCUT2D eigenvalue weighted by atomic mass is 79.9. The number of carbonyl (C=O) groups is 1. The number of amides is 1. The predicted octanol–water partition coefficient (Wildman–Crippen LogP) is 2.36. The third-order valence-electron chi connectivity index (χ3n) is 2.33. The maximum absolute atomic E-state index is 11.7. The van der Waals surface area contributed by atoms with Gasteiger partial charge in [-0.15, -0.1) is 0 Å². The van der Waals surface area contributed by atoms with E-state index in [0.29, 0.717) is 12.2 Å². The summed E-state index contributed by atoms with van der Waals surface area (Å²) < 4.78 is 0.926. The highest BCUT2D eigenvalue weighted by Crippen LogP contribution is 2.23. The molecule has 4 N–H and O–H groups in total. The van der Waals surface area contributed by atoms with Gasteiger partial charge in [-0.2, -0.15) is 0 Å². The van der Waals surface area contributed by atoms with E-state index in [1.807, 2.05) is 26.0 Å². The molecule has 1 aromatic rings. The molecule has 0 bridgehead atoms. The SMILES string of the molecule is CCCNC(=O)C(C)Nc1cc(Br)ccc1N. The van der Waals surface area contributed by atoms with Gasteiger partial charge in [-0.25, -0.2) is 0 Å². The smallest absolute Gasteiger partial charge is 0.242 e. The molecule has 1 aromatic carbocycles. The lowest BCUT2D eigenvalue weighted by atomic mass is 10.2. The second-order valence-corrected chi connectivity index (χ2v) is 4.80. The molecule has 94 valence electrons. The highest BCUT2D eigenvalue weighted by molar-refractivity contribution is 9.10. The minimum atomic E-state index is -0.307. The second-order valence-electron chi connectivity index (χ2n) is 3.89. The Kier molecular flexibility index (Phi) is 5.28. The Morgan fingerprint density at radius 3 is 2.88 bits per heavy atom. The van der Waals surface area contributed by atoms with Crippen LogP contribution in [0.5, 0.6) is 0 Å². The van der Waals surface area contributed by atoms with Gasteiger partial charge in [-0.3, -0.25) is 4.79 Å². The molecule has 5 heteroatoms. The Morgan fingerprint density at radius 1 is 1.53 bits per heavy atom. The number of hydrogen-bond acceptors (Lipinski definition) is 3. The zero-order chi connectivity index (χ0) is 12.8. The zero-order valence-corrected chi connectivity index (χ0v) is 11.7. The summed E-state index contributed by atoms with van der Waals surface area (Å²) in [5, 5.41) is 5.93. The first-order valence-corrected chi connectivity index (χ1v) is 6.43. The van der Waals surface area contributed by atoms with E-state index in [1.165, 1.54) is 0 Å². The van der Waals surface area contributed by atoms with Crippen molar-refractivity contribution in [3.8, 4) is 0 Å². The molecule has 0 aliphatic heterocycles. The van der Waals surface area contributed by atoms with Crippen LogP contribution in [-0.4, -0.2) is 18.5 Å². The first-order valence-electron chi connectivity index (χ1n) is 5.64. The lowest BCUT2D eigenvalue weighted by molar-refractivity contribution is -0.121. The number of anilines is 2. The Labute approximate surface area is 110 Å². The van der Waals surface area contributed by atoms with Crippen LogP contribution >= 0.6 is 15.9 Å². The number of hydrogen-bond donors (Lipinski definition) is 3. The summed E-state index contributed by atoms with van der Waals surface area (Å²) in [5.41, 5.74) is 7.21. The fourth-order valence-corrected chi connectivity index (χ4v) is 1.71. The molecule has 17 heavy (non-hydrogen) atoms. The normalized spacial score (nSPS) is 11.9. The van der Waals surface area contributed by atoms with E-state index in [1.54, 1.807) is 6.07 Å². The molecule has 0 radical (unpaired) electrons. The Hall–Kier alpha value is -1.23. The number of nitrogens with one attached hydrogen (secondary N) is 2. The van der Waals surface area contributed by atoms with Crippen molar-refractivity contribution in [2.24, 2.45) is 0 Å². The Balaban J connectivity index is 2.64. The molecule has 0 saturated heterocycles. The number of nitrogens with two attached hydrogens (primary N) is 1.